The molecule has 1 saturated carbocycles. The van der Waals surface area contributed by atoms with Gasteiger partial charge in [-0.2, -0.15) is 0 Å². The van der Waals surface area contributed by atoms with E-state index in [1.54, 1.807) is 19.2 Å². The van der Waals surface area contributed by atoms with Crippen molar-refractivity contribution < 1.29 is 14.3 Å². The Morgan fingerprint density at radius 1 is 1.08 bits per heavy atom. The molecule has 25 heavy (non-hydrogen) atoms. The third-order valence-electron chi connectivity index (χ3n) is 4.18. The maximum Gasteiger partial charge on any atom is 0.262 e. The van der Waals surface area contributed by atoms with Crippen LogP contribution in [0.4, 0.5) is 5.69 Å². The van der Waals surface area contributed by atoms with E-state index in [9.17, 15) is 4.79 Å². The van der Waals surface area contributed by atoms with Gasteiger partial charge in [0, 0.05) is 10.1 Å². The van der Waals surface area contributed by atoms with E-state index in [4.69, 9.17) is 9.47 Å². The summed E-state index contributed by atoms with van der Waals surface area (Å²) in [6.07, 6.45) is 5.12. The Balaban J connectivity index is 1.59. The molecule has 2 aromatic carbocycles. The first kappa shape index (κ1) is 17.7. The van der Waals surface area contributed by atoms with E-state index < -0.39 is 0 Å². The molecule has 0 aliphatic heterocycles. The van der Waals surface area contributed by atoms with Crippen LogP contribution in [0.1, 0.15) is 25.7 Å². The summed E-state index contributed by atoms with van der Waals surface area (Å²) in [7, 11) is 1.58. The lowest BCUT2D eigenvalue weighted by Crippen LogP contribution is -2.20. The minimum Gasteiger partial charge on any atom is -0.493 e. The molecule has 5 heteroatoms. The van der Waals surface area contributed by atoms with Crippen molar-refractivity contribution in [3.63, 3.8) is 0 Å². The summed E-state index contributed by atoms with van der Waals surface area (Å²) in [6, 6.07) is 15.3. The Morgan fingerprint density at radius 3 is 2.52 bits per heavy atom. The highest BCUT2D eigenvalue weighted by Crippen LogP contribution is 2.38. The third-order valence-corrected chi connectivity index (χ3v) is 5.60. The fourth-order valence-electron chi connectivity index (χ4n) is 2.93. The van der Waals surface area contributed by atoms with E-state index in [-0.39, 0.29) is 12.5 Å². The van der Waals surface area contributed by atoms with Crippen LogP contribution in [-0.4, -0.2) is 24.9 Å². The van der Waals surface area contributed by atoms with Crippen LogP contribution in [-0.2, 0) is 4.79 Å². The summed E-state index contributed by atoms with van der Waals surface area (Å²) in [6.45, 7) is -0.0528. The molecule has 1 fully saturated rings. The van der Waals surface area contributed by atoms with Crippen LogP contribution in [0, 0.1) is 0 Å². The van der Waals surface area contributed by atoms with Gasteiger partial charge in [-0.1, -0.05) is 37.1 Å². The molecule has 3 rings (SSSR count). The fourth-order valence-corrected chi connectivity index (χ4v) is 4.26. The molecule has 0 bridgehead atoms. The van der Waals surface area contributed by atoms with Crippen LogP contribution in [0.3, 0.4) is 0 Å². The zero-order valence-corrected chi connectivity index (χ0v) is 15.2. The minimum atomic E-state index is -0.176. The lowest BCUT2D eigenvalue weighted by molar-refractivity contribution is -0.118. The Labute approximate surface area is 152 Å². The van der Waals surface area contributed by atoms with E-state index in [1.165, 1.54) is 25.7 Å². The lowest BCUT2D eigenvalue weighted by atomic mass is 10.3. The smallest absolute Gasteiger partial charge is 0.262 e. The van der Waals surface area contributed by atoms with E-state index in [1.807, 2.05) is 42.1 Å². The van der Waals surface area contributed by atoms with Crippen molar-refractivity contribution >= 4 is 23.4 Å². The molecule has 132 valence electrons. The second-order valence-electron chi connectivity index (χ2n) is 6.01. The standard InChI is InChI=1S/C20H23NO3S/c1-23-17-11-5-6-12-18(17)24-14-20(22)21-16-10-4-7-13-19(16)25-15-8-2-3-9-15/h4-7,10-13,15H,2-3,8-9,14H2,1H3,(H,21,22). The number of carbonyl (C=O) groups excluding carboxylic acids is 1. The van der Waals surface area contributed by atoms with Gasteiger partial charge in [0.2, 0.25) is 0 Å². The van der Waals surface area contributed by atoms with Crippen LogP contribution in [0.25, 0.3) is 0 Å². The molecular weight excluding hydrogens is 334 g/mol. The van der Waals surface area contributed by atoms with Crippen molar-refractivity contribution in [2.24, 2.45) is 0 Å². The number of thioether (sulfide) groups is 1. The van der Waals surface area contributed by atoms with Crippen molar-refractivity contribution in [3.8, 4) is 11.5 Å². The van der Waals surface area contributed by atoms with Crippen LogP contribution < -0.4 is 14.8 Å². The summed E-state index contributed by atoms with van der Waals surface area (Å²) in [5, 5.41) is 3.62. The average molecular weight is 357 g/mol. The molecule has 1 aliphatic carbocycles. The summed E-state index contributed by atoms with van der Waals surface area (Å²) < 4.78 is 10.8. The zero-order chi connectivity index (χ0) is 17.5. The lowest BCUT2D eigenvalue weighted by Gasteiger charge is -2.14. The molecule has 0 aromatic heterocycles. The monoisotopic (exact) mass is 357 g/mol. The number of benzene rings is 2. The molecule has 0 saturated heterocycles. The Bertz CT molecular complexity index is 714. The Kier molecular flexibility index (Phi) is 6.23. The highest BCUT2D eigenvalue weighted by Gasteiger charge is 2.18. The summed E-state index contributed by atoms with van der Waals surface area (Å²) in [5.74, 6) is 1.01. The van der Waals surface area contributed by atoms with Crippen LogP contribution in [0.5, 0.6) is 11.5 Å². The summed E-state index contributed by atoms with van der Waals surface area (Å²) in [4.78, 5) is 13.4. The van der Waals surface area contributed by atoms with Gasteiger partial charge in [-0.3, -0.25) is 4.79 Å². The molecule has 0 radical (unpaired) electrons. The molecule has 0 unspecified atom stereocenters. The van der Waals surface area contributed by atoms with Gasteiger partial charge in [-0.15, -0.1) is 11.8 Å². The van der Waals surface area contributed by atoms with Gasteiger partial charge < -0.3 is 14.8 Å². The van der Waals surface area contributed by atoms with E-state index >= 15 is 0 Å². The highest BCUT2D eigenvalue weighted by molar-refractivity contribution is 8.00. The highest BCUT2D eigenvalue weighted by atomic mass is 32.2. The quantitative estimate of drug-likeness (QED) is 0.777. The Morgan fingerprint density at radius 2 is 1.76 bits per heavy atom. The van der Waals surface area contributed by atoms with E-state index in [0.717, 1.165) is 10.6 Å². The molecular formula is C20H23NO3S. The number of methoxy groups -OCH3 is 1. The van der Waals surface area contributed by atoms with Crippen molar-refractivity contribution in [1.29, 1.82) is 0 Å². The van der Waals surface area contributed by atoms with Crippen LogP contribution in [0.2, 0.25) is 0 Å². The second-order valence-corrected chi connectivity index (χ2v) is 7.35. The first-order chi connectivity index (χ1) is 12.3. The van der Waals surface area contributed by atoms with Crippen molar-refractivity contribution in [1.82, 2.24) is 0 Å². The molecule has 0 heterocycles. The maximum absolute atomic E-state index is 12.3. The van der Waals surface area contributed by atoms with Gasteiger partial charge in [-0.05, 0) is 37.1 Å². The molecule has 0 spiro atoms. The summed E-state index contributed by atoms with van der Waals surface area (Å²) in [5.41, 5.74) is 0.855. The van der Waals surface area contributed by atoms with Crippen molar-refractivity contribution in [2.75, 3.05) is 19.0 Å². The predicted octanol–water partition coefficient (Wildman–Crippen LogP) is 4.75. The number of nitrogens with one attached hydrogen (secondary N) is 1. The fraction of sp³-hybridized carbons (Fsp3) is 0.350. The third kappa shape index (κ3) is 4.92. The number of hydrogen-bond donors (Lipinski definition) is 1. The Hall–Kier alpha value is -2.14. The van der Waals surface area contributed by atoms with Crippen molar-refractivity contribution in [3.05, 3.63) is 48.5 Å². The van der Waals surface area contributed by atoms with Gasteiger partial charge in [0.15, 0.2) is 18.1 Å². The number of anilines is 1. The van der Waals surface area contributed by atoms with Crippen molar-refractivity contribution in [2.45, 2.75) is 35.8 Å². The molecule has 4 nitrogen and oxygen atoms in total. The van der Waals surface area contributed by atoms with E-state index in [2.05, 4.69) is 11.4 Å². The zero-order valence-electron chi connectivity index (χ0n) is 14.4. The SMILES string of the molecule is COc1ccccc1OCC(=O)Nc1ccccc1SC1CCCC1. The average Bonchev–Trinajstić information content (AvgIpc) is 3.15. The second kappa shape index (κ2) is 8.81. The molecule has 1 amide bonds. The van der Waals surface area contributed by atoms with Gasteiger partial charge in [0.05, 0.1) is 12.8 Å². The normalized spacial score (nSPS) is 14.3. The van der Waals surface area contributed by atoms with E-state index in [0.29, 0.717) is 16.7 Å². The first-order valence-corrected chi connectivity index (χ1v) is 9.45. The maximum atomic E-state index is 12.3. The minimum absolute atomic E-state index is 0.0528. The first-order valence-electron chi connectivity index (χ1n) is 8.57. The van der Waals surface area contributed by atoms with Gasteiger partial charge >= 0.3 is 0 Å². The number of para-hydroxylation sites is 3. The molecule has 2 aromatic rings. The number of carbonyl (C=O) groups is 1. The van der Waals surface area contributed by atoms with Gasteiger partial charge in [0.25, 0.3) is 5.91 Å². The number of amides is 1. The van der Waals surface area contributed by atoms with Gasteiger partial charge in [-0.25, -0.2) is 0 Å². The van der Waals surface area contributed by atoms with Crippen LogP contribution >= 0.6 is 11.8 Å². The number of hydrogen-bond acceptors (Lipinski definition) is 4. The molecule has 1 aliphatic rings. The molecule has 0 atom stereocenters. The number of ether oxygens (including phenoxy) is 2. The largest absolute Gasteiger partial charge is 0.493 e. The number of rotatable bonds is 7. The summed E-state index contributed by atoms with van der Waals surface area (Å²) >= 11 is 1.86. The topological polar surface area (TPSA) is 47.6 Å². The van der Waals surface area contributed by atoms with Crippen LogP contribution in [0.15, 0.2) is 53.4 Å². The predicted molar refractivity (Wildman–Crippen MR) is 102 cm³/mol. The van der Waals surface area contributed by atoms with Gasteiger partial charge in [0.1, 0.15) is 0 Å². The molecule has 1 N–H and O–H groups in total.